The molecule has 4 atom stereocenters. The van der Waals surface area contributed by atoms with Crippen molar-refractivity contribution in [2.75, 3.05) is 5.73 Å². The van der Waals surface area contributed by atoms with Crippen molar-refractivity contribution in [2.24, 2.45) is 0 Å². The van der Waals surface area contributed by atoms with Gasteiger partial charge in [0.25, 0.3) is 0 Å². The van der Waals surface area contributed by atoms with E-state index in [2.05, 4.69) is 24.6 Å². The summed E-state index contributed by atoms with van der Waals surface area (Å²) in [5.41, 5.74) is 4.71. The van der Waals surface area contributed by atoms with Gasteiger partial charge in [0.05, 0.1) is 12.3 Å². The Morgan fingerprint density at radius 1 is 1.16 bits per heavy atom. The van der Waals surface area contributed by atoms with Crippen LogP contribution >= 0.6 is 0 Å². The number of anilines is 1. The van der Waals surface area contributed by atoms with Gasteiger partial charge in [-0.3, -0.25) is 4.57 Å². The molecule has 0 spiro atoms. The molecule has 0 unspecified atom stereocenters. The van der Waals surface area contributed by atoms with Crippen LogP contribution in [-0.2, 0) is 13.6 Å². The Balaban J connectivity index is 2.45. The standard InChI is InChI=1S/C15H28FN3O4Si2/c1-9-11(22-24(2,3)4)12(23-25(5,6)7)14(21-9)19-8-10(16)13(17)18-15(19)20/h8-9,11-12,14H,1-7H3,(H2,17,18,20)/t9-,11-,12-,14-/m1/s1. The lowest BCUT2D eigenvalue weighted by Crippen LogP contribution is -2.47. The van der Waals surface area contributed by atoms with Gasteiger partial charge in [0.2, 0.25) is 0 Å². The molecular weight excluding hydrogens is 361 g/mol. The Morgan fingerprint density at radius 3 is 2.20 bits per heavy atom. The summed E-state index contributed by atoms with van der Waals surface area (Å²) in [4.78, 5) is 15.8. The third kappa shape index (κ3) is 4.97. The number of nitrogens with zero attached hydrogens (tertiary/aromatic N) is 2. The zero-order chi connectivity index (χ0) is 19.2. The number of aromatic nitrogens is 2. The SMILES string of the molecule is C[C@H]1O[C@@H](n2cc(F)c(N)nc2=O)[C@H](O[Si](C)(C)C)[C@@H]1O[Si](C)(C)C. The quantitative estimate of drug-likeness (QED) is 0.778. The van der Waals surface area contributed by atoms with Crippen LogP contribution in [0.4, 0.5) is 10.2 Å². The summed E-state index contributed by atoms with van der Waals surface area (Å²) in [6, 6.07) is 0. The maximum Gasteiger partial charge on any atom is 0.351 e. The summed E-state index contributed by atoms with van der Waals surface area (Å²) in [5.74, 6) is -1.19. The van der Waals surface area contributed by atoms with Gasteiger partial charge in [-0.2, -0.15) is 4.98 Å². The molecule has 2 N–H and O–H groups in total. The number of hydrogen-bond donors (Lipinski definition) is 1. The number of nitrogens with two attached hydrogens (primary N) is 1. The smallest absolute Gasteiger partial charge is 0.351 e. The number of rotatable bonds is 5. The fraction of sp³-hybridized carbons (Fsp3) is 0.733. The van der Waals surface area contributed by atoms with E-state index in [9.17, 15) is 9.18 Å². The van der Waals surface area contributed by atoms with Crippen molar-refractivity contribution in [1.29, 1.82) is 0 Å². The van der Waals surface area contributed by atoms with Gasteiger partial charge < -0.3 is 19.3 Å². The average Bonchev–Trinajstić information content (AvgIpc) is 2.68. The van der Waals surface area contributed by atoms with Gasteiger partial charge in [0.15, 0.2) is 34.5 Å². The molecule has 1 saturated heterocycles. The first-order chi connectivity index (χ1) is 11.3. The summed E-state index contributed by atoms with van der Waals surface area (Å²) < 4.78 is 33.5. The van der Waals surface area contributed by atoms with E-state index in [-0.39, 0.29) is 12.2 Å². The second-order valence-electron chi connectivity index (χ2n) is 8.29. The van der Waals surface area contributed by atoms with Crippen LogP contribution in [-0.4, -0.2) is 44.5 Å². The van der Waals surface area contributed by atoms with E-state index in [1.165, 1.54) is 0 Å². The molecule has 0 amide bonds. The number of halogens is 1. The van der Waals surface area contributed by atoms with Gasteiger partial charge in [-0.05, 0) is 46.2 Å². The van der Waals surface area contributed by atoms with Gasteiger partial charge in [-0.1, -0.05) is 0 Å². The predicted octanol–water partition coefficient (Wildman–Crippen LogP) is 2.32. The largest absolute Gasteiger partial charge is 0.409 e. The van der Waals surface area contributed by atoms with Crippen LogP contribution in [0.15, 0.2) is 11.0 Å². The molecule has 1 fully saturated rings. The maximum atomic E-state index is 13.9. The average molecular weight is 390 g/mol. The minimum absolute atomic E-state index is 0.300. The molecule has 0 aromatic carbocycles. The van der Waals surface area contributed by atoms with Crippen molar-refractivity contribution in [3.8, 4) is 0 Å². The Morgan fingerprint density at radius 2 is 1.68 bits per heavy atom. The lowest BCUT2D eigenvalue weighted by atomic mass is 10.1. The number of nitrogen functional groups attached to an aromatic ring is 1. The van der Waals surface area contributed by atoms with Crippen molar-refractivity contribution in [1.82, 2.24) is 9.55 Å². The highest BCUT2D eigenvalue weighted by molar-refractivity contribution is 6.70. The predicted molar refractivity (Wildman–Crippen MR) is 98.9 cm³/mol. The minimum Gasteiger partial charge on any atom is -0.409 e. The Labute approximate surface area is 149 Å². The second kappa shape index (κ2) is 6.91. The van der Waals surface area contributed by atoms with Gasteiger partial charge in [-0.25, -0.2) is 9.18 Å². The molecule has 1 aromatic heterocycles. The fourth-order valence-corrected chi connectivity index (χ4v) is 4.98. The van der Waals surface area contributed by atoms with Gasteiger partial charge in [-0.15, -0.1) is 0 Å². The van der Waals surface area contributed by atoms with Crippen LogP contribution < -0.4 is 11.4 Å². The molecule has 0 saturated carbocycles. The van der Waals surface area contributed by atoms with Gasteiger partial charge in [0.1, 0.15) is 12.2 Å². The topological polar surface area (TPSA) is 88.6 Å². The summed E-state index contributed by atoms with van der Waals surface area (Å²) in [5, 5.41) is 0. The maximum absolute atomic E-state index is 13.9. The first-order valence-electron chi connectivity index (χ1n) is 8.34. The first-order valence-corrected chi connectivity index (χ1v) is 15.2. The highest BCUT2D eigenvalue weighted by atomic mass is 28.4. The minimum atomic E-state index is -1.98. The van der Waals surface area contributed by atoms with E-state index < -0.39 is 46.3 Å². The van der Waals surface area contributed by atoms with Crippen molar-refractivity contribution in [2.45, 2.75) is 70.7 Å². The van der Waals surface area contributed by atoms with Crippen LogP contribution in [0.1, 0.15) is 13.2 Å². The molecule has 2 heterocycles. The van der Waals surface area contributed by atoms with Crippen LogP contribution in [0, 0.1) is 5.82 Å². The second-order valence-corrected chi connectivity index (χ2v) is 17.2. The molecule has 0 radical (unpaired) electrons. The molecular formula is C15H28FN3O4Si2. The van der Waals surface area contributed by atoms with E-state index in [0.29, 0.717) is 0 Å². The van der Waals surface area contributed by atoms with E-state index in [0.717, 1.165) is 10.8 Å². The van der Waals surface area contributed by atoms with Crippen LogP contribution in [0.2, 0.25) is 39.3 Å². The number of hydrogen-bond acceptors (Lipinski definition) is 6. The van der Waals surface area contributed by atoms with E-state index in [4.69, 9.17) is 19.3 Å². The Hall–Kier alpha value is -1.08. The van der Waals surface area contributed by atoms with Gasteiger partial charge in [0, 0.05) is 0 Å². The molecule has 10 heteroatoms. The summed E-state index contributed by atoms with van der Waals surface area (Å²) in [6.45, 7) is 14.2. The first kappa shape index (κ1) is 20.2. The molecule has 0 bridgehead atoms. The Bertz CT molecular complexity index is 687. The molecule has 25 heavy (non-hydrogen) atoms. The molecule has 1 aliphatic rings. The fourth-order valence-electron chi connectivity index (χ4n) is 2.77. The summed E-state index contributed by atoms with van der Waals surface area (Å²) in [6.07, 6.45) is -0.935. The van der Waals surface area contributed by atoms with Crippen LogP contribution in [0.5, 0.6) is 0 Å². The number of ether oxygens (including phenoxy) is 1. The Kier molecular flexibility index (Phi) is 5.60. The zero-order valence-electron chi connectivity index (χ0n) is 15.9. The monoisotopic (exact) mass is 389 g/mol. The van der Waals surface area contributed by atoms with E-state index in [1.807, 2.05) is 26.6 Å². The third-order valence-corrected chi connectivity index (χ3v) is 5.57. The lowest BCUT2D eigenvalue weighted by Gasteiger charge is -2.33. The normalized spacial score (nSPS) is 27.7. The molecule has 2 rings (SSSR count). The highest BCUT2D eigenvalue weighted by Gasteiger charge is 2.48. The zero-order valence-corrected chi connectivity index (χ0v) is 17.9. The van der Waals surface area contributed by atoms with Crippen molar-refractivity contribution in [3.63, 3.8) is 0 Å². The summed E-state index contributed by atoms with van der Waals surface area (Å²) >= 11 is 0. The molecule has 0 aliphatic carbocycles. The van der Waals surface area contributed by atoms with Crippen LogP contribution in [0.3, 0.4) is 0 Å². The van der Waals surface area contributed by atoms with Crippen molar-refractivity contribution >= 4 is 22.5 Å². The molecule has 1 aliphatic heterocycles. The third-order valence-electron chi connectivity index (χ3n) is 3.61. The van der Waals surface area contributed by atoms with Crippen molar-refractivity contribution < 1.29 is 18.0 Å². The van der Waals surface area contributed by atoms with Gasteiger partial charge >= 0.3 is 5.69 Å². The van der Waals surface area contributed by atoms with Crippen LogP contribution in [0.25, 0.3) is 0 Å². The van der Waals surface area contributed by atoms with E-state index in [1.54, 1.807) is 0 Å². The lowest BCUT2D eigenvalue weighted by molar-refractivity contribution is -0.0302. The van der Waals surface area contributed by atoms with E-state index >= 15 is 0 Å². The summed E-state index contributed by atoms with van der Waals surface area (Å²) in [7, 11) is -3.87. The highest BCUT2D eigenvalue weighted by Crippen LogP contribution is 2.36. The molecule has 142 valence electrons. The molecule has 7 nitrogen and oxygen atoms in total. The van der Waals surface area contributed by atoms with Crippen molar-refractivity contribution in [3.05, 3.63) is 22.5 Å². The molecule has 1 aromatic rings.